The fourth-order valence-corrected chi connectivity index (χ4v) is 2.57. The van der Waals surface area contributed by atoms with Crippen molar-refractivity contribution in [1.82, 2.24) is 5.32 Å². The van der Waals surface area contributed by atoms with E-state index in [1.165, 1.54) is 6.07 Å². The zero-order valence-electron chi connectivity index (χ0n) is 14.1. The van der Waals surface area contributed by atoms with E-state index in [0.29, 0.717) is 18.4 Å². The number of halogens is 1. The Balaban J connectivity index is 1.91. The van der Waals surface area contributed by atoms with Crippen molar-refractivity contribution >= 4 is 11.9 Å². The summed E-state index contributed by atoms with van der Waals surface area (Å²) in [6.45, 7) is 1.72. The highest BCUT2D eigenvalue weighted by Crippen LogP contribution is 2.14. The van der Waals surface area contributed by atoms with E-state index in [-0.39, 0.29) is 18.1 Å². The summed E-state index contributed by atoms with van der Waals surface area (Å²) in [7, 11) is 0. The van der Waals surface area contributed by atoms with E-state index >= 15 is 0 Å². The molecule has 0 saturated heterocycles. The number of carbonyl (C=O) groups is 2. The second-order valence-electron chi connectivity index (χ2n) is 6.12. The number of benzene rings is 2. The third-order valence-electron chi connectivity index (χ3n) is 4.15. The molecule has 132 valence electrons. The molecule has 0 aliphatic heterocycles. The summed E-state index contributed by atoms with van der Waals surface area (Å²) in [4.78, 5) is 23.7. The van der Waals surface area contributed by atoms with E-state index in [1.54, 1.807) is 25.1 Å². The van der Waals surface area contributed by atoms with Crippen LogP contribution in [0.15, 0.2) is 54.6 Å². The van der Waals surface area contributed by atoms with E-state index in [2.05, 4.69) is 5.32 Å². The first-order valence-corrected chi connectivity index (χ1v) is 8.28. The Labute approximate surface area is 146 Å². The van der Waals surface area contributed by atoms with Gasteiger partial charge in [-0.3, -0.25) is 4.79 Å². The molecule has 2 atom stereocenters. The number of carboxylic acid groups (broad SMARTS) is 1. The van der Waals surface area contributed by atoms with Crippen molar-refractivity contribution < 1.29 is 19.1 Å². The number of aliphatic carboxylic acids is 1. The Hall–Kier alpha value is -2.69. The Kier molecular flexibility index (Phi) is 6.69. The average molecular weight is 343 g/mol. The Bertz CT molecular complexity index is 718. The lowest BCUT2D eigenvalue weighted by Gasteiger charge is -2.18. The van der Waals surface area contributed by atoms with E-state index in [0.717, 1.165) is 5.56 Å². The first-order chi connectivity index (χ1) is 12.0. The van der Waals surface area contributed by atoms with Gasteiger partial charge in [-0.15, -0.1) is 0 Å². The highest BCUT2D eigenvalue weighted by molar-refractivity contribution is 5.85. The van der Waals surface area contributed by atoms with Crippen molar-refractivity contribution in [3.63, 3.8) is 0 Å². The van der Waals surface area contributed by atoms with Crippen molar-refractivity contribution in [2.24, 2.45) is 5.92 Å². The minimum absolute atomic E-state index is 0.224. The van der Waals surface area contributed by atoms with E-state index in [4.69, 9.17) is 0 Å². The van der Waals surface area contributed by atoms with Crippen LogP contribution in [0.25, 0.3) is 0 Å². The van der Waals surface area contributed by atoms with Gasteiger partial charge in [-0.2, -0.15) is 0 Å². The molecule has 0 saturated carbocycles. The van der Waals surface area contributed by atoms with Crippen LogP contribution in [0.3, 0.4) is 0 Å². The molecule has 2 rings (SSSR count). The van der Waals surface area contributed by atoms with Gasteiger partial charge in [0.1, 0.15) is 11.9 Å². The minimum Gasteiger partial charge on any atom is -0.480 e. The summed E-state index contributed by atoms with van der Waals surface area (Å²) in [5, 5.41) is 11.9. The normalized spacial score (nSPS) is 13.0. The third-order valence-corrected chi connectivity index (χ3v) is 4.15. The molecule has 0 aliphatic rings. The minimum atomic E-state index is -1.07. The molecular formula is C20H22FNO3. The molecule has 0 aromatic heterocycles. The van der Waals surface area contributed by atoms with Crippen LogP contribution >= 0.6 is 0 Å². The number of hydrogen-bond acceptors (Lipinski definition) is 2. The lowest BCUT2D eigenvalue weighted by molar-refractivity contribution is -0.142. The van der Waals surface area contributed by atoms with Crippen molar-refractivity contribution in [2.75, 3.05) is 0 Å². The lowest BCUT2D eigenvalue weighted by atomic mass is 9.99. The molecular weight excluding hydrogens is 321 g/mol. The van der Waals surface area contributed by atoms with Crippen LogP contribution in [0, 0.1) is 11.7 Å². The second kappa shape index (κ2) is 8.97. The van der Waals surface area contributed by atoms with Gasteiger partial charge in [0.05, 0.1) is 0 Å². The van der Waals surface area contributed by atoms with Gasteiger partial charge in [-0.25, -0.2) is 9.18 Å². The van der Waals surface area contributed by atoms with Gasteiger partial charge < -0.3 is 10.4 Å². The van der Waals surface area contributed by atoms with Crippen LogP contribution in [0.4, 0.5) is 4.39 Å². The highest BCUT2D eigenvalue weighted by Gasteiger charge is 2.23. The molecule has 2 unspecified atom stereocenters. The zero-order chi connectivity index (χ0) is 18.2. The number of rotatable bonds is 8. The monoisotopic (exact) mass is 343 g/mol. The molecule has 0 bridgehead atoms. The summed E-state index contributed by atoms with van der Waals surface area (Å²) in [6, 6.07) is 14.6. The number of amides is 1. The summed E-state index contributed by atoms with van der Waals surface area (Å²) in [5.74, 6) is -2.10. The summed E-state index contributed by atoms with van der Waals surface area (Å²) in [5.41, 5.74) is 1.40. The lowest BCUT2D eigenvalue weighted by Crippen LogP contribution is -2.44. The summed E-state index contributed by atoms with van der Waals surface area (Å²) >= 11 is 0. The van der Waals surface area contributed by atoms with Gasteiger partial charge in [-0.05, 0) is 30.0 Å². The molecule has 0 radical (unpaired) electrons. The molecule has 5 heteroatoms. The fourth-order valence-electron chi connectivity index (χ4n) is 2.57. The molecule has 0 heterocycles. The van der Waals surface area contributed by atoms with E-state index < -0.39 is 17.9 Å². The molecule has 2 aromatic rings. The maximum absolute atomic E-state index is 13.6. The molecule has 0 aliphatic carbocycles. The molecule has 2 N–H and O–H groups in total. The molecule has 0 spiro atoms. The van der Waals surface area contributed by atoms with Crippen LogP contribution < -0.4 is 5.32 Å². The van der Waals surface area contributed by atoms with Gasteiger partial charge in [0.15, 0.2) is 0 Å². The predicted molar refractivity (Wildman–Crippen MR) is 93.6 cm³/mol. The number of carbonyl (C=O) groups excluding carboxylic acids is 1. The van der Waals surface area contributed by atoms with Crippen LogP contribution in [-0.2, 0) is 22.4 Å². The molecule has 0 fully saturated rings. The van der Waals surface area contributed by atoms with Crippen LogP contribution in [0.5, 0.6) is 0 Å². The maximum Gasteiger partial charge on any atom is 0.326 e. The smallest absolute Gasteiger partial charge is 0.326 e. The van der Waals surface area contributed by atoms with Crippen molar-refractivity contribution in [3.05, 3.63) is 71.5 Å². The van der Waals surface area contributed by atoms with Gasteiger partial charge >= 0.3 is 5.97 Å². The molecule has 1 amide bonds. The van der Waals surface area contributed by atoms with Crippen molar-refractivity contribution in [1.29, 1.82) is 0 Å². The number of carboxylic acids is 1. The van der Waals surface area contributed by atoms with Crippen LogP contribution in [0.1, 0.15) is 24.5 Å². The van der Waals surface area contributed by atoms with Gasteiger partial charge in [0.25, 0.3) is 0 Å². The summed E-state index contributed by atoms with van der Waals surface area (Å²) in [6.07, 6.45) is 1.10. The highest BCUT2D eigenvalue weighted by atomic mass is 19.1. The summed E-state index contributed by atoms with van der Waals surface area (Å²) < 4.78 is 13.6. The Morgan fingerprint density at radius 1 is 1.08 bits per heavy atom. The number of hydrogen-bond donors (Lipinski definition) is 2. The second-order valence-corrected chi connectivity index (χ2v) is 6.12. The van der Waals surface area contributed by atoms with Crippen molar-refractivity contribution in [3.8, 4) is 0 Å². The zero-order valence-corrected chi connectivity index (χ0v) is 14.1. The quantitative estimate of drug-likeness (QED) is 0.773. The topological polar surface area (TPSA) is 66.4 Å². The Morgan fingerprint density at radius 2 is 1.72 bits per heavy atom. The average Bonchev–Trinajstić information content (AvgIpc) is 2.61. The largest absolute Gasteiger partial charge is 0.480 e. The van der Waals surface area contributed by atoms with Gasteiger partial charge in [-0.1, -0.05) is 55.5 Å². The first kappa shape index (κ1) is 18.6. The molecule has 25 heavy (non-hydrogen) atoms. The van der Waals surface area contributed by atoms with Crippen LogP contribution in [0.2, 0.25) is 0 Å². The molecule has 2 aromatic carbocycles. The number of aryl methyl sites for hydroxylation is 1. The SMILES string of the molecule is CC(CCc1ccccc1F)C(=O)NC(Cc1ccccc1)C(=O)O. The van der Waals surface area contributed by atoms with Crippen molar-refractivity contribution in [2.45, 2.75) is 32.2 Å². The van der Waals surface area contributed by atoms with Gasteiger partial charge in [0, 0.05) is 12.3 Å². The number of nitrogens with one attached hydrogen (secondary N) is 1. The predicted octanol–water partition coefficient (Wildman–Crippen LogP) is 3.21. The standard InChI is InChI=1S/C20H22FNO3/c1-14(11-12-16-9-5-6-10-17(16)21)19(23)22-18(20(24)25)13-15-7-3-2-4-8-15/h2-10,14,18H,11-13H2,1H3,(H,22,23)(H,24,25). The molecule has 4 nitrogen and oxygen atoms in total. The maximum atomic E-state index is 13.6. The van der Waals surface area contributed by atoms with Crippen LogP contribution in [-0.4, -0.2) is 23.0 Å². The van der Waals surface area contributed by atoms with Gasteiger partial charge in [0.2, 0.25) is 5.91 Å². The van der Waals surface area contributed by atoms with E-state index in [9.17, 15) is 19.1 Å². The van der Waals surface area contributed by atoms with E-state index in [1.807, 2.05) is 30.3 Å². The third kappa shape index (κ3) is 5.71. The first-order valence-electron chi connectivity index (χ1n) is 8.28. The fraction of sp³-hybridized carbons (Fsp3) is 0.300. The Morgan fingerprint density at radius 3 is 2.36 bits per heavy atom.